The first kappa shape index (κ1) is 14.2. The van der Waals surface area contributed by atoms with E-state index in [0.29, 0.717) is 11.8 Å². The number of nitrogens with one attached hydrogen (secondary N) is 2. The minimum absolute atomic E-state index is 0.0549. The van der Waals surface area contributed by atoms with Gasteiger partial charge in [-0.25, -0.2) is 0 Å². The third kappa shape index (κ3) is 2.35. The molecule has 1 aliphatic heterocycles. The molecule has 4 rings (SSSR count). The molecule has 1 aromatic heterocycles. The van der Waals surface area contributed by atoms with Crippen molar-refractivity contribution in [2.45, 2.75) is 25.4 Å². The molecule has 0 amide bonds. The van der Waals surface area contributed by atoms with Crippen molar-refractivity contribution >= 4 is 10.9 Å². The van der Waals surface area contributed by atoms with Gasteiger partial charge in [-0.2, -0.15) is 0 Å². The Balaban J connectivity index is 1.90. The third-order valence-corrected chi connectivity index (χ3v) is 4.60. The third-order valence-electron chi connectivity index (χ3n) is 4.60. The summed E-state index contributed by atoms with van der Waals surface area (Å²) in [4.78, 5) is 3.56. The Hall–Kier alpha value is -2.46. The fraction of sp³-hybridized carbons (Fsp3) is 0.263. The minimum Gasteiger partial charge on any atom is -0.508 e. The van der Waals surface area contributed by atoms with Crippen LogP contribution in [0.4, 0.5) is 0 Å². The Morgan fingerprint density at radius 1 is 1.17 bits per heavy atom. The Labute approximate surface area is 135 Å². The molecular formula is C19H20N2O2. The zero-order valence-electron chi connectivity index (χ0n) is 13.3. The standard InChI is InChI=1S/C19H20N2O2/c1-11-8-16-15-10-14(23-2)6-7-17(15)21-19(16)18(20-11)12-4-3-5-13(22)9-12/h3-7,9-11,18,20-22H,8H2,1-2H3. The molecule has 4 heteroatoms. The molecule has 1 aliphatic rings. The second-order valence-corrected chi connectivity index (χ2v) is 6.23. The van der Waals surface area contributed by atoms with Crippen LogP contribution in [0.1, 0.15) is 29.8 Å². The highest BCUT2D eigenvalue weighted by atomic mass is 16.5. The highest BCUT2D eigenvalue weighted by molar-refractivity contribution is 5.86. The number of hydrogen-bond acceptors (Lipinski definition) is 3. The van der Waals surface area contributed by atoms with Crippen LogP contribution in [0, 0.1) is 0 Å². The zero-order chi connectivity index (χ0) is 16.0. The van der Waals surface area contributed by atoms with E-state index in [9.17, 15) is 5.11 Å². The lowest BCUT2D eigenvalue weighted by Gasteiger charge is -2.29. The lowest BCUT2D eigenvalue weighted by molar-refractivity contribution is 0.415. The fourth-order valence-corrected chi connectivity index (χ4v) is 3.54. The topological polar surface area (TPSA) is 57.3 Å². The second kappa shape index (κ2) is 5.32. The highest BCUT2D eigenvalue weighted by Gasteiger charge is 2.28. The SMILES string of the molecule is COc1ccc2[nH]c3c(c2c1)CC(C)NC3c1cccc(O)c1. The molecule has 3 N–H and O–H groups in total. The summed E-state index contributed by atoms with van der Waals surface area (Å²) in [6.07, 6.45) is 0.970. The molecule has 118 valence electrons. The van der Waals surface area contributed by atoms with E-state index in [4.69, 9.17) is 4.74 Å². The van der Waals surface area contributed by atoms with E-state index in [2.05, 4.69) is 29.4 Å². The maximum atomic E-state index is 9.81. The number of H-pyrrole nitrogens is 1. The smallest absolute Gasteiger partial charge is 0.119 e. The number of rotatable bonds is 2. The number of phenols is 1. The molecule has 4 nitrogen and oxygen atoms in total. The van der Waals surface area contributed by atoms with Gasteiger partial charge in [0.2, 0.25) is 0 Å². The normalized spacial score (nSPS) is 20.4. The molecule has 0 saturated heterocycles. The zero-order valence-corrected chi connectivity index (χ0v) is 13.3. The van der Waals surface area contributed by atoms with Gasteiger partial charge in [0.1, 0.15) is 11.5 Å². The summed E-state index contributed by atoms with van der Waals surface area (Å²) in [5, 5.41) is 14.7. The monoisotopic (exact) mass is 308 g/mol. The van der Waals surface area contributed by atoms with Crippen LogP contribution in [0.2, 0.25) is 0 Å². The number of aromatic hydroxyl groups is 1. The van der Waals surface area contributed by atoms with Crippen LogP contribution < -0.4 is 10.1 Å². The van der Waals surface area contributed by atoms with Gasteiger partial charge in [-0.1, -0.05) is 12.1 Å². The molecule has 0 spiro atoms. The van der Waals surface area contributed by atoms with Gasteiger partial charge in [0.15, 0.2) is 0 Å². The molecule has 0 bridgehead atoms. The number of hydrogen-bond donors (Lipinski definition) is 3. The quantitative estimate of drug-likeness (QED) is 0.679. The van der Waals surface area contributed by atoms with Crippen LogP contribution in [-0.2, 0) is 6.42 Å². The van der Waals surface area contributed by atoms with Crippen molar-refractivity contribution in [3.63, 3.8) is 0 Å². The average molecular weight is 308 g/mol. The van der Waals surface area contributed by atoms with Gasteiger partial charge in [-0.05, 0) is 54.8 Å². The van der Waals surface area contributed by atoms with E-state index < -0.39 is 0 Å². The van der Waals surface area contributed by atoms with Gasteiger partial charge in [0.25, 0.3) is 0 Å². The summed E-state index contributed by atoms with van der Waals surface area (Å²) in [7, 11) is 1.69. The van der Waals surface area contributed by atoms with Gasteiger partial charge < -0.3 is 20.1 Å². The van der Waals surface area contributed by atoms with Crippen LogP contribution in [-0.4, -0.2) is 23.2 Å². The molecule has 3 aromatic rings. The summed E-state index contributed by atoms with van der Waals surface area (Å²) < 4.78 is 5.37. The molecule has 2 unspecified atom stereocenters. The number of methoxy groups -OCH3 is 1. The van der Waals surface area contributed by atoms with E-state index >= 15 is 0 Å². The van der Waals surface area contributed by atoms with Crippen LogP contribution in [0.3, 0.4) is 0 Å². The predicted molar refractivity (Wildman–Crippen MR) is 91.1 cm³/mol. The van der Waals surface area contributed by atoms with Crippen molar-refractivity contribution in [2.75, 3.05) is 7.11 Å². The van der Waals surface area contributed by atoms with Gasteiger partial charge in [0.05, 0.1) is 13.2 Å². The molecule has 0 aliphatic carbocycles. The summed E-state index contributed by atoms with van der Waals surface area (Å²) in [5.41, 5.74) is 4.70. The first-order valence-corrected chi connectivity index (χ1v) is 7.89. The van der Waals surface area contributed by atoms with Gasteiger partial charge in [0, 0.05) is 22.6 Å². The predicted octanol–water partition coefficient (Wildman–Crippen LogP) is 3.51. The van der Waals surface area contributed by atoms with Crippen molar-refractivity contribution < 1.29 is 9.84 Å². The molecule has 0 radical (unpaired) electrons. The van der Waals surface area contributed by atoms with Gasteiger partial charge in [-0.15, -0.1) is 0 Å². The van der Waals surface area contributed by atoms with Crippen molar-refractivity contribution in [3.05, 3.63) is 59.3 Å². The van der Waals surface area contributed by atoms with Gasteiger partial charge in [-0.3, -0.25) is 0 Å². The molecule has 2 atom stereocenters. The molecule has 23 heavy (non-hydrogen) atoms. The average Bonchev–Trinajstić information content (AvgIpc) is 2.91. The summed E-state index contributed by atoms with van der Waals surface area (Å²) >= 11 is 0. The van der Waals surface area contributed by atoms with Crippen molar-refractivity contribution in [1.82, 2.24) is 10.3 Å². The number of benzene rings is 2. The van der Waals surface area contributed by atoms with Gasteiger partial charge >= 0.3 is 0 Å². The largest absolute Gasteiger partial charge is 0.508 e. The highest BCUT2D eigenvalue weighted by Crippen LogP contribution is 2.36. The Bertz CT molecular complexity index is 869. The summed E-state index contributed by atoms with van der Waals surface area (Å²) in [6.45, 7) is 2.19. The first-order chi connectivity index (χ1) is 11.2. The molecular weight excluding hydrogens is 288 g/mol. The van der Waals surface area contributed by atoms with Crippen molar-refractivity contribution in [1.29, 1.82) is 0 Å². The summed E-state index contributed by atoms with van der Waals surface area (Å²) in [6, 6.07) is 14.0. The Kier molecular flexibility index (Phi) is 3.27. The number of fused-ring (bicyclic) bond motifs is 3. The molecule has 0 fully saturated rings. The Morgan fingerprint density at radius 2 is 2.04 bits per heavy atom. The van der Waals surface area contributed by atoms with Crippen LogP contribution >= 0.6 is 0 Å². The second-order valence-electron chi connectivity index (χ2n) is 6.23. The van der Waals surface area contributed by atoms with Crippen LogP contribution in [0.25, 0.3) is 10.9 Å². The van der Waals surface area contributed by atoms with Crippen LogP contribution in [0.15, 0.2) is 42.5 Å². The first-order valence-electron chi connectivity index (χ1n) is 7.89. The van der Waals surface area contributed by atoms with Crippen molar-refractivity contribution in [2.24, 2.45) is 0 Å². The van der Waals surface area contributed by atoms with Crippen molar-refractivity contribution in [3.8, 4) is 11.5 Å². The number of aromatic nitrogens is 1. The minimum atomic E-state index is 0.0549. The fourth-order valence-electron chi connectivity index (χ4n) is 3.54. The maximum absolute atomic E-state index is 9.81. The summed E-state index contributed by atoms with van der Waals surface area (Å²) in [5.74, 6) is 1.17. The lowest BCUT2D eigenvalue weighted by Crippen LogP contribution is -2.37. The van der Waals surface area contributed by atoms with E-state index in [1.807, 2.05) is 24.3 Å². The number of phenolic OH excluding ortho intramolecular Hbond substituents is 1. The molecule has 2 aromatic carbocycles. The van der Waals surface area contributed by atoms with E-state index in [-0.39, 0.29) is 6.04 Å². The van der Waals surface area contributed by atoms with Crippen LogP contribution in [0.5, 0.6) is 11.5 Å². The molecule has 2 heterocycles. The number of aromatic amines is 1. The number of ether oxygens (including phenoxy) is 1. The van der Waals surface area contributed by atoms with E-state index in [1.54, 1.807) is 13.2 Å². The van der Waals surface area contributed by atoms with E-state index in [1.165, 1.54) is 16.6 Å². The maximum Gasteiger partial charge on any atom is 0.119 e. The lowest BCUT2D eigenvalue weighted by atomic mass is 9.91. The Morgan fingerprint density at radius 3 is 2.83 bits per heavy atom. The molecule has 0 saturated carbocycles. The van der Waals surface area contributed by atoms with E-state index in [0.717, 1.165) is 23.3 Å².